The minimum Gasteiger partial charge on any atom is -0.314 e. The quantitative estimate of drug-likeness (QED) is 0.771. The number of carbonyl (C=O) groups excluding carboxylic acids is 1. The highest BCUT2D eigenvalue weighted by atomic mass is 16.1. The second kappa shape index (κ2) is 5.64. The van der Waals surface area contributed by atoms with Crippen LogP contribution in [0.15, 0.2) is 0 Å². The average Bonchev–Trinajstić information content (AvgIpc) is 2.81. The van der Waals surface area contributed by atoms with E-state index in [1.165, 1.54) is 32.1 Å². The second-order valence-electron chi connectivity index (χ2n) is 5.13. The monoisotopic (exact) mass is 209 g/mol. The number of piperidine rings is 1. The molecule has 2 rings (SSSR count). The van der Waals surface area contributed by atoms with Crippen molar-refractivity contribution in [2.24, 2.45) is 5.92 Å². The standard InChI is InChI=1S/C13H23NO/c15-13(11-5-1-2-6-11)9-8-12-7-3-4-10-14-12/h11-12,14H,1-10H2. The van der Waals surface area contributed by atoms with Crippen molar-refractivity contribution in [3.8, 4) is 0 Å². The molecule has 1 heterocycles. The van der Waals surface area contributed by atoms with Crippen LogP contribution in [0.4, 0.5) is 0 Å². The van der Waals surface area contributed by atoms with Gasteiger partial charge in [-0.2, -0.15) is 0 Å². The van der Waals surface area contributed by atoms with Crippen LogP contribution in [0.25, 0.3) is 0 Å². The number of carbonyl (C=O) groups is 1. The molecule has 1 unspecified atom stereocenters. The lowest BCUT2D eigenvalue weighted by molar-refractivity contribution is -0.122. The highest BCUT2D eigenvalue weighted by Crippen LogP contribution is 2.27. The molecule has 2 heteroatoms. The SMILES string of the molecule is O=C(CCC1CCCCN1)C1CCCC1. The molecule has 0 amide bonds. The maximum absolute atomic E-state index is 11.9. The van der Waals surface area contributed by atoms with E-state index in [0.717, 1.165) is 32.2 Å². The molecule has 15 heavy (non-hydrogen) atoms. The summed E-state index contributed by atoms with van der Waals surface area (Å²) in [4.78, 5) is 11.9. The Balaban J connectivity index is 1.65. The summed E-state index contributed by atoms with van der Waals surface area (Å²) in [6.45, 7) is 1.16. The van der Waals surface area contributed by atoms with E-state index in [-0.39, 0.29) is 0 Å². The van der Waals surface area contributed by atoms with Crippen LogP contribution in [-0.4, -0.2) is 18.4 Å². The third kappa shape index (κ3) is 3.30. The predicted octanol–water partition coefficient (Wildman–Crippen LogP) is 2.67. The molecule has 2 fully saturated rings. The molecule has 2 aliphatic rings. The zero-order chi connectivity index (χ0) is 10.5. The smallest absolute Gasteiger partial charge is 0.136 e. The molecule has 1 N–H and O–H groups in total. The fourth-order valence-corrected chi connectivity index (χ4v) is 2.94. The Bertz CT molecular complexity index is 203. The molecule has 1 aliphatic heterocycles. The van der Waals surface area contributed by atoms with Gasteiger partial charge in [0.2, 0.25) is 0 Å². The number of hydrogen-bond acceptors (Lipinski definition) is 2. The number of ketones is 1. The Labute approximate surface area is 92.8 Å². The van der Waals surface area contributed by atoms with E-state index in [1.54, 1.807) is 0 Å². The molecule has 2 nitrogen and oxygen atoms in total. The lowest BCUT2D eigenvalue weighted by Crippen LogP contribution is -2.34. The van der Waals surface area contributed by atoms with Crippen molar-refractivity contribution in [3.05, 3.63) is 0 Å². The molecule has 1 atom stereocenters. The Morgan fingerprint density at radius 2 is 1.80 bits per heavy atom. The third-order valence-electron chi connectivity index (χ3n) is 3.96. The van der Waals surface area contributed by atoms with Crippen LogP contribution in [0.3, 0.4) is 0 Å². The Morgan fingerprint density at radius 1 is 1.07 bits per heavy atom. The van der Waals surface area contributed by atoms with E-state index in [0.29, 0.717) is 17.7 Å². The van der Waals surface area contributed by atoms with E-state index in [9.17, 15) is 4.79 Å². The lowest BCUT2D eigenvalue weighted by atomic mass is 9.94. The Kier molecular flexibility index (Phi) is 4.18. The van der Waals surface area contributed by atoms with E-state index in [2.05, 4.69) is 5.32 Å². The average molecular weight is 209 g/mol. The summed E-state index contributed by atoms with van der Waals surface area (Å²) < 4.78 is 0. The highest BCUT2D eigenvalue weighted by molar-refractivity contribution is 5.81. The Hall–Kier alpha value is -0.370. The maximum Gasteiger partial charge on any atom is 0.136 e. The molecule has 0 spiro atoms. The molecule has 0 aromatic rings. The first-order valence-corrected chi connectivity index (χ1v) is 6.62. The molecule has 0 radical (unpaired) electrons. The van der Waals surface area contributed by atoms with Crippen molar-refractivity contribution in [2.45, 2.75) is 63.8 Å². The molecule has 0 aromatic heterocycles. The van der Waals surface area contributed by atoms with E-state index >= 15 is 0 Å². The van der Waals surface area contributed by atoms with E-state index in [1.807, 2.05) is 0 Å². The van der Waals surface area contributed by atoms with E-state index < -0.39 is 0 Å². The third-order valence-corrected chi connectivity index (χ3v) is 3.96. The molecule has 1 saturated carbocycles. The number of rotatable bonds is 4. The van der Waals surface area contributed by atoms with Crippen LogP contribution in [0.2, 0.25) is 0 Å². The first-order valence-electron chi connectivity index (χ1n) is 6.62. The molecular formula is C13H23NO. The van der Waals surface area contributed by atoms with Gasteiger partial charge in [0.1, 0.15) is 5.78 Å². The summed E-state index contributed by atoms with van der Waals surface area (Å²) in [7, 11) is 0. The highest BCUT2D eigenvalue weighted by Gasteiger charge is 2.23. The molecule has 86 valence electrons. The summed E-state index contributed by atoms with van der Waals surface area (Å²) in [6.07, 6.45) is 10.7. The fourth-order valence-electron chi connectivity index (χ4n) is 2.94. The summed E-state index contributed by atoms with van der Waals surface area (Å²) in [5, 5.41) is 3.51. The topological polar surface area (TPSA) is 29.1 Å². The summed E-state index contributed by atoms with van der Waals surface area (Å²) in [5.41, 5.74) is 0. The van der Waals surface area contributed by atoms with Gasteiger partial charge in [-0.15, -0.1) is 0 Å². The maximum atomic E-state index is 11.9. The van der Waals surface area contributed by atoms with Gasteiger partial charge in [-0.05, 0) is 38.6 Å². The van der Waals surface area contributed by atoms with Gasteiger partial charge < -0.3 is 5.32 Å². The summed E-state index contributed by atoms with van der Waals surface area (Å²) in [5.74, 6) is 0.966. The normalized spacial score (nSPS) is 28.1. The van der Waals surface area contributed by atoms with Gasteiger partial charge in [0.25, 0.3) is 0 Å². The van der Waals surface area contributed by atoms with Crippen LogP contribution in [-0.2, 0) is 4.79 Å². The van der Waals surface area contributed by atoms with Crippen molar-refractivity contribution in [1.82, 2.24) is 5.32 Å². The molecule has 0 bridgehead atoms. The van der Waals surface area contributed by atoms with Gasteiger partial charge in [0.15, 0.2) is 0 Å². The molecule has 1 aliphatic carbocycles. The summed E-state index contributed by atoms with van der Waals surface area (Å²) in [6, 6.07) is 0.629. The van der Waals surface area contributed by atoms with Crippen molar-refractivity contribution in [3.63, 3.8) is 0 Å². The second-order valence-corrected chi connectivity index (χ2v) is 5.13. The zero-order valence-electron chi connectivity index (χ0n) is 9.63. The van der Waals surface area contributed by atoms with E-state index in [4.69, 9.17) is 0 Å². The van der Waals surface area contributed by atoms with Gasteiger partial charge in [-0.3, -0.25) is 4.79 Å². The minimum absolute atomic E-state index is 0.425. The molecule has 1 saturated heterocycles. The Morgan fingerprint density at radius 3 is 2.47 bits per heavy atom. The molecule has 0 aromatic carbocycles. The van der Waals surface area contributed by atoms with Gasteiger partial charge in [0, 0.05) is 18.4 Å². The van der Waals surface area contributed by atoms with Crippen molar-refractivity contribution < 1.29 is 4.79 Å². The minimum atomic E-state index is 0.425. The van der Waals surface area contributed by atoms with Crippen LogP contribution < -0.4 is 5.32 Å². The van der Waals surface area contributed by atoms with Gasteiger partial charge in [0.05, 0.1) is 0 Å². The van der Waals surface area contributed by atoms with Crippen molar-refractivity contribution >= 4 is 5.78 Å². The van der Waals surface area contributed by atoms with Crippen LogP contribution >= 0.6 is 0 Å². The van der Waals surface area contributed by atoms with Gasteiger partial charge in [-0.25, -0.2) is 0 Å². The summed E-state index contributed by atoms with van der Waals surface area (Å²) >= 11 is 0. The molecular weight excluding hydrogens is 186 g/mol. The largest absolute Gasteiger partial charge is 0.314 e. The number of nitrogens with one attached hydrogen (secondary N) is 1. The van der Waals surface area contributed by atoms with Crippen LogP contribution in [0.1, 0.15) is 57.8 Å². The number of hydrogen-bond donors (Lipinski definition) is 1. The van der Waals surface area contributed by atoms with Gasteiger partial charge >= 0.3 is 0 Å². The predicted molar refractivity (Wildman–Crippen MR) is 61.8 cm³/mol. The zero-order valence-corrected chi connectivity index (χ0v) is 9.63. The van der Waals surface area contributed by atoms with Crippen LogP contribution in [0, 0.1) is 5.92 Å². The first kappa shape index (κ1) is 11.1. The first-order chi connectivity index (χ1) is 7.36. The fraction of sp³-hybridized carbons (Fsp3) is 0.923. The van der Waals surface area contributed by atoms with Crippen LogP contribution in [0.5, 0.6) is 0 Å². The van der Waals surface area contributed by atoms with Crippen molar-refractivity contribution in [1.29, 1.82) is 0 Å². The lowest BCUT2D eigenvalue weighted by Gasteiger charge is -2.23. The number of Topliss-reactive ketones (excluding diaryl/α,β-unsaturated/α-hetero) is 1. The van der Waals surface area contributed by atoms with Crippen molar-refractivity contribution in [2.75, 3.05) is 6.54 Å². The van der Waals surface area contributed by atoms with Gasteiger partial charge in [-0.1, -0.05) is 19.3 Å².